The molecule has 1 aromatic carbocycles. The molecule has 0 unspecified atom stereocenters. The second kappa shape index (κ2) is 8.67. The average molecular weight is 384 g/mol. The maximum atomic E-state index is 12.7. The highest BCUT2D eigenvalue weighted by molar-refractivity contribution is 5.87. The number of aromatic nitrogens is 1. The van der Waals surface area contributed by atoms with E-state index in [1.54, 1.807) is 11.9 Å². The molecule has 3 N–H and O–H groups in total. The van der Waals surface area contributed by atoms with Crippen LogP contribution in [0.2, 0.25) is 0 Å². The zero-order valence-corrected chi connectivity index (χ0v) is 17.6. The number of hydrogen-bond acceptors (Lipinski definition) is 2. The van der Waals surface area contributed by atoms with E-state index in [4.69, 9.17) is 0 Å². The Balaban J connectivity index is 1.57. The van der Waals surface area contributed by atoms with Crippen molar-refractivity contribution in [3.63, 3.8) is 0 Å². The molecule has 0 radical (unpaired) electrons. The van der Waals surface area contributed by atoms with Gasteiger partial charge >= 0.3 is 0 Å². The number of amides is 1. The van der Waals surface area contributed by atoms with Gasteiger partial charge in [0.05, 0.1) is 5.41 Å². The smallest absolute Gasteiger partial charge is 0.230 e. The van der Waals surface area contributed by atoms with E-state index in [0.717, 1.165) is 44.6 Å². The molecule has 6 heteroatoms. The van der Waals surface area contributed by atoms with E-state index in [0.29, 0.717) is 6.54 Å². The summed E-state index contributed by atoms with van der Waals surface area (Å²) >= 11 is 0. The Morgan fingerprint density at radius 2 is 2.00 bits per heavy atom. The normalized spacial score (nSPS) is 16.4. The van der Waals surface area contributed by atoms with Crippen molar-refractivity contribution in [1.82, 2.24) is 20.5 Å². The third kappa shape index (κ3) is 4.16. The van der Waals surface area contributed by atoms with Crippen LogP contribution < -0.4 is 10.6 Å². The van der Waals surface area contributed by atoms with Gasteiger partial charge < -0.3 is 20.5 Å². The first-order chi connectivity index (χ1) is 13.5. The fourth-order valence-electron chi connectivity index (χ4n) is 4.43. The molecule has 28 heavy (non-hydrogen) atoms. The number of H-pyrrole nitrogens is 1. The molecule has 1 aliphatic carbocycles. The minimum Gasteiger partial charge on any atom is -0.361 e. The van der Waals surface area contributed by atoms with E-state index in [2.05, 4.69) is 51.9 Å². The second-order valence-corrected chi connectivity index (χ2v) is 8.10. The Bertz CT molecular complexity index is 846. The standard InChI is InChI=1S/C22H33N5O/c1-16-8-7-9-18-19(16)17(14-25-18)10-13-24-21(23-2)26-15-22(11-5-6-12-22)20(28)27(3)4/h7-9,14,25H,5-6,10-13,15H2,1-4H3,(H2,23,24,26). The summed E-state index contributed by atoms with van der Waals surface area (Å²) in [5.41, 5.74) is 3.49. The van der Waals surface area contributed by atoms with Gasteiger partial charge in [0, 0.05) is 51.3 Å². The number of aryl methyl sites for hydroxylation is 1. The summed E-state index contributed by atoms with van der Waals surface area (Å²) in [6.07, 6.45) is 7.14. The van der Waals surface area contributed by atoms with Crippen LogP contribution >= 0.6 is 0 Å². The number of carbonyl (C=O) groups excluding carboxylic acids is 1. The van der Waals surface area contributed by atoms with Crippen LogP contribution in [0.25, 0.3) is 10.9 Å². The van der Waals surface area contributed by atoms with Gasteiger partial charge in [-0.05, 0) is 43.4 Å². The zero-order valence-electron chi connectivity index (χ0n) is 17.6. The van der Waals surface area contributed by atoms with E-state index in [1.807, 2.05) is 14.1 Å². The molecule has 1 aliphatic rings. The summed E-state index contributed by atoms with van der Waals surface area (Å²) in [5, 5.41) is 8.12. The van der Waals surface area contributed by atoms with Gasteiger partial charge in [0.15, 0.2) is 5.96 Å². The molecule has 0 aliphatic heterocycles. The summed E-state index contributed by atoms with van der Waals surface area (Å²) in [7, 11) is 5.47. The lowest BCUT2D eigenvalue weighted by Crippen LogP contribution is -2.49. The molecule has 1 heterocycles. The molecular weight excluding hydrogens is 350 g/mol. The first-order valence-corrected chi connectivity index (χ1v) is 10.2. The summed E-state index contributed by atoms with van der Waals surface area (Å²) in [6, 6.07) is 6.34. The van der Waals surface area contributed by atoms with Crippen molar-refractivity contribution in [1.29, 1.82) is 0 Å². The quantitative estimate of drug-likeness (QED) is 0.531. The van der Waals surface area contributed by atoms with Gasteiger partial charge in [-0.25, -0.2) is 0 Å². The van der Waals surface area contributed by atoms with Crippen LogP contribution in [0.1, 0.15) is 36.8 Å². The van der Waals surface area contributed by atoms with E-state index in [-0.39, 0.29) is 11.3 Å². The van der Waals surface area contributed by atoms with Crippen molar-refractivity contribution in [2.45, 2.75) is 39.0 Å². The Hall–Kier alpha value is -2.50. The van der Waals surface area contributed by atoms with Crippen molar-refractivity contribution in [3.8, 4) is 0 Å². The summed E-state index contributed by atoms with van der Waals surface area (Å²) in [5.74, 6) is 0.983. The highest BCUT2D eigenvalue weighted by atomic mass is 16.2. The number of nitrogens with one attached hydrogen (secondary N) is 3. The number of aromatic amines is 1. The number of hydrogen-bond donors (Lipinski definition) is 3. The molecule has 3 rings (SSSR count). The van der Waals surface area contributed by atoms with Gasteiger partial charge in [-0.15, -0.1) is 0 Å². The third-order valence-corrected chi connectivity index (χ3v) is 5.92. The van der Waals surface area contributed by atoms with Crippen molar-refractivity contribution in [3.05, 3.63) is 35.5 Å². The zero-order chi connectivity index (χ0) is 20.1. The van der Waals surface area contributed by atoms with Gasteiger partial charge in [0.25, 0.3) is 0 Å². The van der Waals surface area contributed by atoms with Crippen LogP contribution in [0.4, 0.5) is 0 Å². The Labute approximate surface area is 167 Å². The number of aliphatic imine (C=N–C) groups is 1. The maximum absolute atomic E-state index is 12.7. The molecule has 1 aromatic heterocycles. The molecule has 2 aromatic rings. The number of rotatable bonds is 6. The van der Waals surface area contributed by atoms with E-state index in [1.165, 1.54) is 22.0 Å². The molecular formula is C22H33N5O. The first kappa shape index (κ1) is 20.2. The molecule has 1 amide bonds. The minimum absolute atomic E-state index is 0.224. The van der Waals surface area contributed by atoms with Gasteiger partial charge in [-0.3, -0.25) is 9.79 Å². The summed E-state index contributed by atoms with van der Waals surface area (Å²) in [4.78, 5) is 22.1. The maximum Gasteiger partial charge on any atom is 0.230 e. The van der Waals surface area contributed by atoms with Gasteiger partial charge in [0.1, 0.15) is 0 Å². The van der Waals surface area contributed by atoms with Crippen LogP contribution in [0.3, 0.4) is 0 Å². The van der Waals surface area contributed by atoms with Gasteiger partial charge in [-0.1, -0.05) is 25.0 Å². The molecule has 0 spiro atoms. The van der Waals surface area contributed by atoms with Crippen LogP contribution in [-0.2, 0) is 11.2 Å². The largest absolute Gasteiger partial charge is 0.361 e. The second-order valence-electron chi connectivity index (χ2n) is 8.10. The molecule has 152 valence electrons. The van der Waals surface area contributed by atoms with E-state index in [9.17, 15) is 4.79 Å². The number of carbonyl (C=O) groups is 1. The van der Waals surface area contributed by atoms with Crippen molar-refractivity contribution >= 4 is 22.8 Å². The fraction of sp³-hybridized carbons (Fsp3) is 0.545. The highest BCUT2D eigenvalue weighted by Crippen LogP contribution is 2.38. The van der Waals surface area contributed by atoms with Crippen LogP contribution in [0.5, 0.6) is 0 Å². The summed E-state index contributed by atoms with van der Waals surface area (Å²) < 4.78 is 0. The topological polar surface area (TPSA) is 72.5 Å². The van der Waals surface area contributed by atoms with E-state index < -0.39 is 0 Å². The monoisotopic (exact) mass is 383 g/mol. The molecule has 1 fully saturated rings. The first-order valence-electron chi connectivity index (χ1n) is 10.2. The van der Waals surface area contributed by atoms with E-state index >= 15 is 0 Å². The Morgan fingerprint density at radius 1 is 1.25 bits per heavy atom. The molecule has 0 bridgehead atoms. The molecule has 1 saturated carbocycles. The SMILES string of the molecule is CN=C(NCCc1c[nH]c2cccc(C)c12)NCC1(C(=O)N(C)C)CCCC1. The Kier molecular flexibility index (Phi) is 6.27. The van der Waals surface area contributed by atoms with Crippen molar-refractivity contribution in [2.24, 2.45) is 10.4 Å². The van der Waals surface area contributed by atoms with Crippen molar-refractivity contribution in [2.75, 3.05) is 34.2 Å². The van der Waals surface area contributed by atoms with Crippen molar-refractivity contribution < 1.29 is 4.79 Å². The highest BCUT2D eigenvalue weighted by Gasteiger charge is 2.42. The van der Waals surface area contributed by atoms with Crippen LogP contribution in [0, 0.1) is 12.3 Å². The molecule has 0 saturated heterocycles. The number of guanidine groups is 1. The number of nitrogens with zero attached hydrogens (tertiary/aromatic N) is 2. The minimum atomic E-state index is -0.297. The van der Waals surface area contributed by atoms with Crippen LogP contribution in [-0.4, -0.2) is 56.0 Å². The predicted molar refractivity (Wildman–Crippen MR) is 116 cm³/mol. The fourth-order valence-corrected chi connectivity index (χ4v) is 4.43. The van der Waals surface area contributed by atoms with Gasteiger partial charge in [-0.2, -0.15) is 0 Å². The van der Waals surface area contributed by atoms with Crippen LogP contribution in [0.15, 0.2) is 29.4 Å². The lowest BCUT2D eigenvalue weighted by Gasteiger charge is -2.31. The Morgan fingerprint density at radius 3 is 2.68 bits per heavy atom. The predicted octanol–water partition coefficient (Wildman–Crippen LogP) is 2.83. The number of fused-ring (bicyclic) bond motifs is 1. The van der Waals surface area contributed by atoms with Gasteiger partial charge in [0.2, 0.25) is 5.91 Å². The lowest BCUT2D eigenvalue weighted by molar-refractivity contribution is -0.138. The number of benzene rings is 1. The third-order valence-electron chi connectivity index (χ3n) is 5.92. The average Bonchev–Trinajstić information content (AvgIpc) is 3.32. The lowest BCUT2D eigenvalue weighted by atomic mass is 9.84. The summed E-state index contributed by atoms with van der Waals surface area (Å²) in [6.45, 7) is 3.57. The molecule has 6 nitrogen and oxygen atoms in total. The molecule has 0 atom stereocenters.